The lowest BCUT2D eigenvalue weighted by atomic mass is 10.1. The molecule has 3 rings (SSSR count). The summed E-state index contributed by atoms with van der Waals surface area (Å²) in [6.07, 6.45) is 0.613. The van der Waals surface area contributed by atoms with Gasteiger partial charge in [0.25, 0.3) is 10.0 Å². The Morgan fingerprint density at radius 1 is 1.26 bits per heavy atom. The average Bonchev–Trinajstić information content (AvgIpc) is 3.20. The first-order valence-corrected chi connectivity index (χ1v) is 9.45. The molecule has 1 aromatic heterocycles. The summed E-state index contributed by atoms with van der Waals surface area (Å²) in [6, 6.07) is 10.9. The van der Waals surface area contributed by atoms with E-state index in [0.717, 1.165) is 29.1 Å². The maximum atomic E-state index is 11.9. The van der Waals surface area contributed by atoms with E-state index in [1.165, 1.54) is 6.07 Å². The minimum absolute atomic E-state index is 0.120. The summed E-state index contributed by atoms with van der Waals surface area (Å²) >= 11 is 1.11. The van der Waals surface area contributed by atoms with E-state index in [0.29, 0.717) is 6.54 Å². The summed E-state index contributed by atoms with van der Waals surface area (Å²) in [5.74, 6) is 0.454. The Hall–Kier alpha value is -1.90. The van der Waals surface area contributed by atoms with Crippen LogP contribution in [0.4, 0.5) is 0 Å². The van der Waals surface area contributed by atoms with Crippen LogP contribution in [0.25, 0.3) is 0 Å². The smallest absolute Gasteiger partial charge is 0.250 e. The maximum Gasteiger partial charge on any atom is 0.250 e. The highest BCUT2D eigenvalue weighted by molar-refractivity contribution is 7.91. The Bertz CT molecular complexity index is 763. The van der Waals surface area contributed by atoms with Crippen LogP contribution < -0.4 is 14.8 Å². The third kappa shape index (κ3) is 3.90. The van der Waals surface area contributed by atoms with Crippen molar-refractivity contribution in [2.24, 2.45) is 0 Å². The maximum absolute atomic E-state index is 11.9. The molecule has 1 aliphatic heterocycles. The lowest BCUT2D eigenvalue weighted by Gasteiger charge is -2.12. The first kappa shape index (κ1) is 16.0. The van der Waals surface area contributed by atoms with Gasteiger partial charge in [0.2, 0.25) is 5.91 Å². The summed E-state index contributed by atoms with van der Waals surface area (Å²) in [5.41, 5.74) is 1.12. The number of thiophene rings is 1. The Balaban J connectivity index is 1.44. The molecule has 1 aliphatic rings. The lowest BCUT2D eigenvalue weighted by molar-refractivity contribution is -0.120. The van der Waals surface area contributed by atoms with Gasteiger partial charge in [0.1, 0.15) is 16.1 Å². The zero-order valence-electron chi connectivity index (χ0n) is 12.2. The molecule has 1 amide bonds. The standard InChI is InChI=1S/C15H16N2O4S2/c18-14(10-17-23(19,20)15-6-3-7-22-15)16-9-12-8-11-4-1-2-5-13(11)21-12/h1-7,12,17H,8-10H2,(H,16,18). The van der Waals surface area contributed by atoms with E-state index in [-0.39, 0.29) is 22.8 Å². The van der Waals surface area contributed by atoms with Gasteiger partial charge < -0.3 is 10.1 Å². The quantitative estimate of drug-likeness (QED) is 0.817. The topological polar surface area (TPSA) is 84.5 Å². The molecule has 1 atom stereocenters. The fourth-order valence-corrected chi connectivity index (χ4v) is 4.33. The second-order valence-electron chi connectivity index (χ2n) is 5.11. The number of nitrogens with one attached hydrogen (secondary N) is 2. The minimum atomic E-state index is -3.62. The summed E-state index contributed by atoms with van der Waals surface area (Å²) < 4.78 is 32.0. The van der Waals surface area contributed by atoms with Crippen LogP contribution in [-0.2, 0) is 21.2 Å². The number of carbonyl (C=O) groups excluding carboxylic acids is 1. The number of para-hydroxylation sites is 1. The number of amides is 1. The minimum Gasteiger partial charge on any atom is -0.488 e. The Labute approximate surface area is 138 Å². The van der Waals surface area contributed by atoms with E-state index in [1.807, 2.05) is 24.3 Å². The zero-order chi connectivity index (χ0) is 16.3. The number of rotatable bonds is 6. The molecule has 0 saturated carbocycles. The predicted octanol–water partition coefficient (Wildman–Crippen LogP) is 1.15. The zero-order valence-corrected chi connectivity index (χ0v) is 13.8. The van der Waals surface area contributed by atoms with Crippen LogP contribution in [0.1, 0.15) is 5.56 Å². The average molecular weight is 352 g/mol. The van der Waals surface area contributed by atoms with Crippen molar-refractivity contribution < 1.29 is 17.9 Å². The van der Waals surface area contributed by atoms with Gasteiger partial charge in [0.15, 0.2) is 0 Å². The Kier molecular flexibility index (Phi) is 4.65. The van der Waals surface area contributed by atoms with Gasteiger partial charge in [-0.2, -0.15) is 0 Å². The largest absolute Gasteiger partial charge is 0.488 e. The molecular weight excluding hydrogens is 336 g/mol. The van der Waals surface area contributed by atoms with Gasteiger partial charge in [-0.25, -0.2) is 13.1 Å². The highest BCUT2D eigenvalue weighted by Crippen LogP contribution is 2.27. The van der Waals surface area contributed by atoms with E-state index < -0.39 is 10.0 Å². The lowest BCUT2D eigenvalue weighted by Crippen LogP contribution is -2.40. The van der Waals surface area contributed by atoms with Crippen LogP contribution in [0.15, 0.2) is 46.0 Å². The van der Waals surface area contributed by atoms with Crippen LogP contribution >= 0.6 is 11.3 Å². The highest BCUT2D eigenvalue weighted by atomic mass is 32.2. The molecule has 23 heavy (non-hydrogen) atoms. The molecule has 2 N–H and O–H groups in total. The van der Waals surface area contributed by atoms with Crippen molar-refractivity contribution in [2.45, 2.75) is 16.7 Å². The second-order valence-corrected chi connectivity index (χ2v) is 8.05. The number of fused-ring (bicyclic) bond motifs is 1. The van der Waals surface area contributed by atoms with Crippen LogP contribution in [0, 0.1) is 0 Å². The number of carbonyl (C=O) groups is 1. The Morgan fingerprint density at radius 3 is 2.83 bits per heavy atom. The predicted molar refractivity (Wildman–Crippen MR) is 87.1 cm³/mol. The van der Waals surface area contributed by atoms with Gasteiger partial charge in [0, 0.05) is 6.42 Å². The van der Waals surface area contributed by atoms with Crippen molar-refractivity contribution in [3.8, 4) is 5.75 Å². The van der Waals surface area contributed by atoms with Gasteiger partial charge in [0.05, 0.1) is 13.1 Å². The van der Waals surface area contributed by atoms with E-state index >= 15 is 0 Å². The van der Waals surface area contributed by atoms with Crippen molar-refractivity contribution in [1.82, 2.24) is 10.0 Å². The van der Waals surface area contributed by atoms with Crippen molar-refractivity contribution in [3.05, 3.63) is 47.3 Å². The van der Waals surface area contributed by atoms with E-state index in [2.05, 4.69) is 10.0 Å². The molecule has 8 heteroatoms. The monoisotopic (exact) mass is 352 g/mol. The first-order valence-electron chi connectivity index (χ1n) is 7.09. The normalized spacial score (nSPS) is 16.6. The van der Waals surface area contributed by atoms with E-state index in [9.17, 15) is 13.2 Å². The number of hydrogen-bond acceptors (Lipinski definition) is 5. The second kappa shape index (κ2) is 6.69. The molecule has 0 fully saturated rings. The summed E-state index contributed by atoms with van der Waals surface area (Å²) in [7, 11) is -3.62. The molecular formula is C15H16N2O4S2. The van der Waals surface area contributed by atoms with E-state index in [1.54, 1.807) is 11.4 Å². The molecule has 1 aromatic carbocycles. The molecule has 122 valence electrons. The highest BCUT2D eigenvalue weighted by Gasteiger charge is 2.23. The number of sulfonamides is 1. The fraction of sp³-hybridized carbons (Fsp3) is 0.267. The van der Waals surface area contributed by atoms with Crippen molar-refractivity contribution in [1.29, 1.82) is 0 Å². The van der Waals surface area contributed by atoms with Gasteiger partial charge in [-0.15, -0.1) is 11.3 Å². The van der Waals surface area contributed by atoms with Gasteiger partial charge in [-0.3, -0.25) is 4.79 Å². The third-order valence-electron chi connectivity index (χ3n) is 3.42. The summed E-state index contributed by atoms with van der Waals surface area (Å²) in [6.45, 7) is 0.0497. The van der Waals surface area contributed by atoms with Gasteiger partial charge in [-0.1, -0.05) is 24.3 Å². The third-order valence-corrected chi connectivity index (χ3v) is 6.22. The molecule has 2 aromatic rings. The molecule has 0 bridgehead atoms. The molecule has 2 heterocycles. The van der Waals surface area contributed by atoms with Gasteiger partial charge in [-0.05, 0) is 23.1 Å². The van der Waals surface area contributed by atoms with Crippen LogP contribution in [0.5, 0.6) is 5.75 Å². The number of benzene rings is 1. The van der Waals surface area contributed by atoms with Crippen molar-refractivity contribution in [2.75, 3.05) is 13.1 Å². The number of ether oxygens (including phenoxy) is 1. The molecule has 0 spiro atoms. The first-order chi connectivity index (χ1) is 11.0. The SMILES string of the molecule is O=C(CNS(=O)(=O)c1cccs1)NCC1Cc2ccccc2O1. The van der Waals surface area contributed by atoms with Crippen molar-refractivity contribution >= 4 is 27.3 Å². The van der Waals surface area contributed by atoms with Crippen LogP contribution in [-0.4, -0.2) is 33.5 Å². The Morgan fingerprint density at radius 2 is 2.09 bits per heavy atom. The summed E-state index contributed by atoms with van der Waals surface area (Å²) in [5, 5.41) is 4.36. The van der Waals surface area contributed by atoms with Gasteiger partial charge >= 0.3 is 0 Å². The molecule has 6 nitrogen and oxygen atoms in total. The summed E-state index contributed by atoms with van der Waals surface area (Å²) in [4.78, 5) is 11.8. The number of hydrogen-bond donors (Lipinski definition) is 2. The molecule has 0 aliphatic carbocycles. The van der Waals surface area contributed by atoms with E-state index in [4.69, 9.17) is 4.74 Å². The van der Waals surface area contributed by atoms with Crippen LogP contribution in [0.2, 0.25) is 0 Å². The molecule has 0 saturated heterocycles. The molecule has 1 unspecified atom stereocenters. The molecule has 0 radical (unpaired) electrons. The fourth-order valence-electron chi connectivity index (χ4n) is 2.31. The van der Waals surface area contributed by atoms with Crippen LogP contribution in [0.3, 0.4) is 0 Å². The van der Waals surface area contributed by atoms with Crippen molar-refractivity contribution in [3.63, 3.8) is 0 Å².